The number of rotatable bonds is 3. The Hall–Kier alpha value is -1.31. The zero-order valence-electron chi connectivity index (χ0n) is 22.5. The van der Waals surface area contributed by atoms with Crippen molar-refractivity contribution in [1.29, 1.82) is 0 Å². The molecule has 1 radical (unpaired) electrons. The van der Waals surface area contributed by atoms with Gasteiger partial charge in [-0.15, -0.1) is 12.3 Å². The average molecular weight is 604 g/mol. The molecule has 0 bridgehead atoms. The van der Waals surface area contributed by atoms with Crippen LogP contribution in [0.15, 0.2) is 70.9 Å². The molecule has 0 aromatic carbocycles. The summed E-state index contributed by atoms with van der Waals surface area (Å²) in [6.45, 7) is 12.7. The summed E-state index contributed by atoms with van der Waals surface area (Å²) in [5.74, 6) is 3.59. The van der Waals surface area contributed by atoms with Gasteiger partial charge >= 0.3 is 0 Å². The molecule has 0 aromatic heterocycles. The van der Waals surface area contributed by atoms with Crippen molar-refractivity contribution in [3.05, 3.63) is 70.9 Å². The number of hydrogen-bond donors (Lipinski definition) is 0. The van der Waals surface area contributed by atoms with Gasteiger partial charge in [0.05, 0.1) is 0 Å². The van der Waals surface area contributed by atoms with Gasteiger partial charge in [-0.2, -0.15) is 0 Å². The zero-order chi connectivity index (χ0) is 23.1. The smallest absolute Gasteiger partial charge is 0.0197 e. The molecule has 0 saturated heterocycles. The van der Waals surface area contributed by atoms with E-state index in [4.69, 9.17) is 6.42 Å². The van der Waals surface area contributed by atoms with Crippen molar-refractivity contribution in [3.8, 4) is 12.3 Å². The molecule has 32 heavy (non-hydrogen) atoms. The summed E-state index contributed by atoms with van der Waals surface area (Å²) >= 11 is 0. The van der Waals surface area contributed by atoms with Crippen LogP contribution in [0.5, 0.6) is 0 Å². The van der Waals surface area contributed by atoms with E-state index in [1.807, 2.05) is 13.8 Å². The first-order valence-corrected chi connectivity index (χ1v) is 12.6. The van der Waals surface area contributed by atoms with Crippen LogP contribution in [-0.2, 0) is 21.1 Å². The Balaban J connectivity index is 0. The summed E-state index contributed by atoms with van der Waals surface area (Å²) in [5.41, 5.74) is 6.04. The normalized spacial score (nSPS) is 28.8. The van der Waals surface area contributed by atoms with E-state index in [2.05, 4.69) is 82.2 Å². The van der Waals surface area contributed by atoms with Gasteiger partial charge in [-0.1, -0.05) is 93.9 Å². The van der Waals surface area contributed by atoms with E-state index < -0.39 is 0 Å². The van der Waals surface area contributed by atoms with E-state index in [-0.39, 0.29) is 27.9 Å². The predicted octanol–water partition coefficient (Wildman–Crippen LogP) is 9.79. The molecule has 0 N–H and O–H groups in total. The van der Waals surface area contributed by atoms with Crippen molar-refractivity contribution in [3.63, 3.8) is 0 Å². The Kier molecular flexibility index (Phi) is 16.5. The van der Waals surface area contributed by atoms with Crippen LogP contribution in [0.1, 0.15) is 101 Å². The molecule has 0 aromatic rings. The molecule has 3 aliphatic rings. The molecule has 1 saturated carbocycles. The maximum absolute atomic E-state index is 5.59. The molecule has 3 rings (SSSR count). The molecule has 0 amide bonds. The van der Waals surface area contributed by atoms with Crippen molar-refractivity contribution < 1.29 is 22.5 Å². The van der Waals surface area contributed by atoms with Gasteiger partial charge in [-0.25, -0.2) is 0 Å². The van der Waals surface area contributed by atoms with Gasteiger partial charge in [-0.05, 0) is 75.9 Å². The van der Waals surface area contributed by atoms with Gasteiger partial charge in [0, 0.05) is 34.3 Å². The maximum Gasteiger partial charge on any atom is 0.0197 e. The fourth-order valence-electron chi connectivity index (χ4n) is 4.63. The number of terminal acetylenes is 1. The van der Waals surface area contributed by atoms with E-state index in [9.17, 15) is 0 Å². The molecule has 1 fully saturated rings. The second-order valence-electron chi connectivity index (χ2n) is 8.87. The second-order valence-corrected chi connectivity index (χ2v) is 8.87. The first-order chi connectivity index (χ1) is 15.1. The van der Waals surface area contributed by atoms with E-state index in [0.717, 1.165) is 25.7 Å². The summed E-state index contributed by atoms with van der Waals surface area (Å²) < 4.78 is 0. The van der Waals surface area contributed by atoms with Crippen LogP contribution in [0.4, 0.5) is 0 Å². The Morgan fingerprint density at radius 3 is 2.09 bits per heavy atom. The molecule has 1 heteroatoms. The molecule has 0 heterocycles. The molecule has 0 aliphatic heterocycles. The minimum absolute atomic E-state index is 0. The minimum atomic E-state index is 0. The van der Waals surface area contributed by atoms with Crippen molar-refractivity contribution in [2.75, 3.05) is 0 Å². The second kappa shape index (κ2) is 17.2. The third-order valence-corrected chi connectivity index (χ3v) is 6.32. The van der Waals surface area contributed by atoms with Gasteiger partial charge < -0.3 is 0 Å². The van der Waals surface area contributed by atoms with Gasteiger partial charge in [0.15, 0.2) is 0 Å². The largest absolute Gasteiger partial charge is 0.120 e. The summed E-state index contributed by atoms with van der Waals surface area (Å²) in [6, 6.07) is 0. The Morgan fingerprint density at radius 2 is 1.50 bits per heavy atom. The van der Waals surface area contributed by atoms with E-state index >= 15 is 0 Å². The molecule has 177 valence electrons. The van der Waals surface area contributed by atoms with Crippen LogP contribution in [0, 0.1) is 23.7 Å². The third-order valence-electron chi connectivity index (χ3n) is 6.32. The summed E-state index contributed by atoms with van der Waals surface area (Å²) in [4.78, 5) is 0. The van der Waals surface area contributed by atoms with E-state index in [1.54, 1.807) is 0 Å². The van der Waals surface area contributed by atoms with Crippen LogP contribution >= 0.6 is 0 Å². The summed E-state index contributed by atoms with van der Waals surface area (Å²) in [6.07, 6.45) is 34.9. The van der Waals surface area contributed by atoms with Crippen LogP contribution < -0.4 is 0 Å². The van der Waals surface area contributed by atoms with Crippen molar-refractivity contribution >= 4 is 0 Å². The summed E-state index contributed by atoms with van der Waals surface area (Å²) in [7, 11) is 0. The maximum atomic E-state index is 5.59. The predicted molar refractivity (Wildman–Crippen MR) is 142 cm³/mol. The monoisotopic (exact) mass is 603 g/mol. The van der Waals surface area contributed by atoms with Gasteiger partial charge in [0.25, 0.3) is 0 Å². The molecule has 0 atom stereocenters. The number of allylic oxidation sites excluding steroid dienone is 12. The van der Waals surface area contributed by atoms with Crippen molar-refractivity contribution in [2.24, 2.45) is 11.3 Å². The quantitative estimate of drug-likeness (QED) is 0.223. The molecular formula is C31H47W. The Morgan fingerprint density at radius 1 is 0.938 bits per heavy atom. The van der Waals surface area contributed by atoms with Crippen LogP contribution in [0.25, 0.3) is 0 Å². The first-order valence-electron chi connectivity index (χ1n) is 12.6. The van der Waals surface area contributed by atoms with Gasteiger partial charge in [0.1, 0.15) is 0 Å². The zero-order valence-corrected chi connectivity index (χ0v) is 24.5. The SMILES string of the molecule is C#CCC1CCC(C2=CCC=C(C)C=C2)(C2=C/C/C=C(/C)C/C=C\2)CC1.CC.CCC.[H].[W]. The van der Waals surface area contributed by atoms with Crippen molar-refractivity contribution in [2.45, 2.75) is 99.3 Å². The van der Waals surface area contributed by atoms with E-state index in [1.165, 1.54) is 54.4 Å². The van der Waals surface area contributed by atoms with E-state index in [0.29, 0.717) is 5.92 Å². The molecular weight excluding hydrogens is 556 g/mol. The number of hydrogen-bond acceptors (Lipinski definition) is 0. The van der Waals surface area contributed by atoms with Crippen molar-refractivity contribution in [1.82, 2.24) is 0 Å². The third kappa shape index (κ3) is 9.28. The first kappa shape index (κ1) is 30.7. The van der Waals surface area contributed by atoms with Gasteiger partial charge in [0.2, 0.25) is 0 Å². The van der Waals surface area contributed by atoms with Crippen LogP contribution in [0.3, 0.4) is 0 Å². The minimum Gasteiger partial charge on any atom is -0.120 e. The molecule has 0 spiro atoms. The fraction of sp³-hybridized carbons (Fsp3) is 0.548. The Bertz CT molecular complexity index is 759. The Labute approximate surface area is 215 Å². The average Bonchev–Trinajstić information content (AvgIpc) is 2.98. The molecule has 3 aliphatic carbocycles. The van der Waals surface area contributed by atoms with Crippen LogP contribution in [-0.4, -0.2) is 0 Å². The topological polar surface area (TPSA) is 0 Å². The van der Waals surface area contributed by atoms with Gasteiger partial charge in [-0.3, -0.25) is 0 Å². The molecule has 0 nitrogen and oxygen atoms in total. The summed E-state index contributed by atoms with van der Waals surface area (Å²) in [5, 5.41) is 0. The van der Waals surface area contributed by atoms with Crippen LogP contribution in [0.2, 0.25) is 0 Å². The molecule has 0 unspecified atom stereocenters. The fourth-order valence-corrected chi connectivity index (χ4v) is 4.63. The standard InChI is InChI=1S/C26H32.C3H8.C2H6.W.H/c1-4-8-23-17-19-26(20-18-23,25-14-7-11-22(3)15-16-25)24-12-5-9-21(2)10-6-13-24;1-3-2;1-2;;/h1,5,10-16,23H,6-9,17-20H2,2-3H3;3H2,1-2H3;1-2H3;;/b12-5-,21-10-,24-13+;;;;.